The van der Waals surface area contributed by atoms with E-state index < -0.39 is 10.8 Å². The lowest BCUT2D eigenvalue weighted by molar-refractivity contribution is 0.308. The quantitative estimate of drug-likeness (QED) is 0.727. The third-order valence-corrected chi connectivity index (χ3v) is 4.17. The van der Waals surface area contributed by atoms with Gasteiger partial charge in [0.05, 0.1) is 17.1 Å². The fourth-order valence-corrected chi connectivity index (χ4v) is 3.15. The molecule has 3 rings (SSSR count). The van der Waals surface area contributed by atoms with E-state index in [4.69, 9.17) is 4.74 Å². The van der Waals surface area contributed by atoms with Crippen molar-refractivity contribution in [1.82, 2.24) is 9.38 Å². The highest BCUT2D eigenvalue weighted by Crippen LogP contribution is 2.23. The van der Waals surface area contributed by atoms with Crippen molar-refractivity contribution in [2.45, 2.75) is 19.3 Å². The van der Waals surface area contributed by atoms with Gasteiger partial charge in [-0.25, -0.2) is 4.98 Å². The van der Waals surface area contributed by atoms with Crippen LogP contribution in [-0.4, -0.2) is 19.8 Å². The molecule has 3 aromatic rings. The third-order valence-electron chi connectivity index (χ3n) is 3.49. The molecule has 0 bridgehead atoms. The molecular formula is C17H18N2O2S. The highest BCUT2D eigenvalue weighted by atomic mass is 32.2. The van der Waals surface area contributed by atoms with Crippen molar-refractivity contribution in [2.24, 2.45) is 0 Å². The number of ether oxygens (including phenoxy) is 1. The van der Waals surface area contributed by atoms with Crippen LogP contribution in [0.2, 0.25) is 0 Å². The summed E-state index contributed by atoms with van der Waals surface area (Å²) in [6.07, 6.45) is 3.64. The minimum Gasteiger partial charge on any atom is -0.485 e. The lowest BCUT2D eigenvalue weighted by Gasteiger charge is -2.08. The smallest absolute Gasteiger partial charge is 0.180 e. The number of aromatic nitrogens is 2. The maximum Gasteiger partial charge on any atom is 0.180 e. The Hall–Kier alpha value is -2.14. The molecule has 0 aliphatic carbocycles. The summed E-state index contributed by atoms with van der Waals surface area (Å²) in [5.41, 5.74) is 3.76. The van der Waals surface area contributed by atoms with Crippen molar-refractivity contribution in [3.8, 4) is 5.75 Å². The minimum atomic E-state index is -0.903. The van der Waals surface area contributed by atoms with Gasteiger partial charge in [-0.1, -0.05) is 30.3 Å². The second-order valence-corrected chi connectivity index (χ2v) is 6.64. The van der Waals surface area contributed by atoms with Crippen LogP contribution in [0.15, 0.2) is 48.7 Å². The van der Waals surface area contributed by atoms with Crippen LogP contribution in [0, 0.1) is 6.92 Å². The van der Waals surface area contributed by atoms with E-state index >= 15 is 0 Å². The van der Waals surface area contributed by atoms with Gasteiger partial charge in [-0.05, 0) is 24.6 Å². The third kappa shape index (κ3) is 3.04. The van der Waals surface area contributed by atoms with Crippen LogP contribution in [0.4, 0.5) is 0 Å². The highest BCUT2D eigenvalue weighted by molar-refractivity contribution is 7.83. The predicted octanol–water partition coefficient (Wildman–Crippen LogP) is 3.10. The molecule has 0 N–H and O–H groups in total. The van der Waals surface area contributed by atoms with E-state index in [1.807, 2.05) is 60.0 Å². The summed E-state index contributed by atoms with van der Waals surface area (Å²) < 4.78 is 19.4. The number of hydrogen-bond acceptors (Lipinski definition) is 3. The van der Waals surface area contributed by atoms with Crippen LogP contribution in [0.1, 0.15) is 17.0 Å². The van der Waals surface area contributed by atoms with E-state index in [1.54, 1.807) is 6.26 Å². The maximum atomic E-state index is 11.5. The number of pyridine rings is 1. The zero-order valence-corrected chi connectivity index (χ0v) is 13.5. The Morgan fingerprint density at radius 1 is 1.18 bits per heavy atom. The number of benzene rings is 1. The van der Waals surface area contributed by atoms with Gasteiger partial charge in [-0.3, -0.25) is 8.61 Å². The molecular weight excluding hydrogens is 296 g/mol. The van der Waals surface area contributed by atoms with E-state index in [1.165, 1.54) is 0 Å². The number of nitrogens with zero attached hydrogens (tertiary/aromatic N) is 2. The van der Waals surface area contributed by atoms with Crippen molar-refractivity contribution in [1.29, 1.82) is 0 Å². The van der Waals surface area contributed by atoms with Gasteiger partial charge in [0.25, 0.3) is 0 Å². The lowest BCUT2D eigenvalue weighted by Crippen LogP contribution is -2.01. The van der Waals surface area contributed by atoms with Gasteiger partial charge in [-0.15, -0.1) is 0 Å². The summed E-state index contributed by atoms with van der Waals surface area (Å²) in [7, 11) is -0.903. The van der Waals surface area contributed by atoms with Crippen LogP contribution >= 0.6 is 0 Å². The number of rotatable bonds is 5. The van der Waals surface area contributed by atoms with Crippen molar-refractivity contribution >= 4 is 16.4 Å². The van der Waals surface area contributed by atoms with Crippen LogP contribution < -0.4 is 4.74 Å². The average Bonchev–Trinajstić information content (AvgIpc) is 2.82. The largest absolute Gasteiger partial charge is 0.485 e. The first-order chi connectivity index (χ1) is 10.6. The molecule has 1 atom stereocenters. The van der Waals surface area contributed by atoms with Gasteiger partial charge in [0.15, 0.2) is 11.4 Å². The fourth-order valence-electron chi connectivity index (χ4n) is 2.42. The number of aryl methyl sites for hydroxylation is 1. The molecule has 0 radical (unpaired) electrons. The summed E-state index contributed by atoms with van der Waals surface area (Å²) >= 11 is 0. The zero-order chi connectivity index (χ0) is 15.5. The first-order valence-corrected chi connectivity index (χ1v) is 8.81. The molecule has 2 aromatic heterocycles. The number of fused-ring (bicyclic) bond motifs is 1. The lowest BCUT2D eigenvalue weighted by atomic mass is 10.2. The van der Waals surface area contributed by atoms with Crippen LogP contribution in [0.5, 0.6) is 5.75 Å². The summed E-state index contributed by atoms with van der Waals surface area (Å²) in [5, 5.41) is 0. The first kappa shape index (κ1) is 14.8. The molecule has 0 aliphatic rings. The maximum absolute atomic E-state index is 11.5. The Balaban J connectivity index is 1.92. The van der Waals surface area contributed by atoms with E-state index in [-0.39, 0.29) is 0 Å². The van der Waals surface area contributed by atoms with Crippen LogP contribution in [0.25, 0.3) is 5.65 Å². The molecule has 1 unspecified atom stereocenters. The monoisotopic (exact) mass is 314 g/mol. The Morgan fingerprint density at radius 3 is 2.68 bits per heavy atom. The van der Waals surface area contributed by atoms with Crippen molar-refractivity contribution in [2.75, 3.05) is 6.26 Å². The van der Waals surface area contributed by atoms with Crippen LogP contribution in [0.3, 0.4) is 0 Å². The number of imidazole rings is 1. The highest BCUT2D eigenvalue weighted by Gasteiger charge is 2.13. The molecule has 0 spiro atoms. The van der Waals surface area contributed by atoms with E-state index in [2.05, 4.69) is 4.98 Å². The molecule has 5 heteroatoms. The SMILES string of the molecule is Cc1nc2c(OCc3ccccc3)cccn2c1CS(C)=O. The molecule has 0 saturated carbocycles. The van der Waals surface area contributed by atoms with Gasteiger partial charge in [0, 0.05) is 23.3 Å². The zero-order valence-electron chi connectivity index (χ0n) is 12.7. The molecule has 0 fully saturated rings. The van der Waals surface area contributed by atoms with Gasteiger partial charge in [0.1, 0.15) is 6.61 Å². The van der Waals surface area contributed by atoms with E-state index in [0.29, 0.717) is 12.4 Å². The Bertz CT molecular complexity index is 812. The molecule has 4 nitrogen and oxygen atoms in total. The average molecular weight is 314 g/mol. The second-order valence-electron chi connectivity index (χ2n) is 5.20. The number of hydrogen-bond donors (Lipinski definition) is 0. The molecule has 0 amide bonds. The summed E-state index contributed by atoms with van der Waals surface area (Å²) in [6, 6.07) is 13.9. The Labute approximate surface area is 132 Å². The van der Waals surface area contributed by atoms with E-state index in [0.717, 1.165) is 28.3 Å². The summed E-state index contributed by atoms with van der Waals surface area (Å²) in [5.74, 6) is 1.23. The normalized spacial score (nSPS) is 12.5. The topological polar surface area (TPSA) is 43.6 Å². The second kappa shape index (κ2) is 6.32. The Morgan fingerprint density at radius 2 is 1.95 bits per heavy atom. The Kier molecular flexibility index (Phi) is 4.24. The van der Waals surface area contributed by atoms with Gasteiger partial charge >= 0.3 is 0 Å². The van der Waals surface area contributed by atoms with Crippen molar-refractivity contribution in [3.05, 3.63) is 65.6 Å². The standard InChI is InChI=1S/C17H18N2O2S/c1-13-15(12-22(2)20)19-10-6-9-16(17(19)18-13)21-11-14-7-4-3-5-8-14/h3-10H,11-12H2,1-2H3. The van der Waals surface area contributed by atoms with Gasteiger partial charge < -0.3 is 4.74 Å². The fraction of sp³-hybridized carbons (Fsp3) is 0.235. The van der Waals surface area contributed by atoms with Gasteiger partial charge in [-0.2, -0.15) is 0 Å². The molecule has 1 aromatic carbocycles. The molecule has 22 heavy (non-hydrogen) atoms. The first-order valence-electron chi connectivity index (χ1n) is 7.08. The summed E-state index contributed by atoms with van der Waals surface area (Å²) in [6.45, 7) is 2.44. The molecule has 0 aliphatic heterocycles. The molecule has 0 saturated heterocycles. The molecule has 2 heterocycles. The van der Waals surface area contributed by atoms with Crippen LogP contribution in [-0.2, 0) is 23.2 Å². The van der Waals surface area contributed by atoms with Crippen molar-refractivity contribution in [3.63, 3.8) is 0 Å². The predicted molar refractivity (Wildman–Crippen MR) is 88.5 cm³/mol. The van der Waals surface area contributed by atoms with Crippen molar-refractivity contribution < 1.29 is 8.95 Å². The summed E-state index contributed by atoms with van der Waals surface area (Å²) in [4.78, 5) is 4.58. The van der Waals surface area contributed by atoms with Gasteiger partial charge in [0.2, 0.25) is 0 Å². The molecule has 114 valence electrons. The minimum absolute atomic E-state index is 0.495. The van der Waals surface area contributed by atoms with E-state index in [9.17, 15) is 4.21 Å².